The lowest BCUT2D eigenvalue weighted by molar-refractivity contribution is 0.142. The van der Waals surface area contributed by atoms with Crippen LogP contribution in [0.5, 0.6) is 0 Å². The van der Waals surface area contributed by atoms with Crippen molar-refractivity contribution >= 4 is 5.96 Å². The number of rotatable bonds is 5. The van der Waals surface area contributed by atoms with Crippen molar-refractivity contribution in [2.45, 2.75) is 46.0 Å². The van der Waals surface area contributed by atoms with E-state index in [1.165, 1.54) is 25.7 Å². The molecule has 0 radical (unpaired) electrons. The number of aliphatic imine (C=N–C) groups is 1. The van der Waals surface area contributed by atoms with Crippen LogP contribution in [0.15, 0.2) is 27.8 Å². The number of likely N-dealkylation sites (tertiary alicyclic amines) is 1. The normalized spacial score (nSPS) is 23.4. The van der Waals surface area contributed by atoms with Gasteiger partial charge in [0.1, 0.15) is 5.76 Å². The number of nitrogens with zero attached hydrogens (tertiary/aromatic N) is 2. The van der Waals surface area contributed by atoms with Crippen molar-refractivity contribution in [3.8, 4) is 0 Å². The predicted octanol–water partition coefficient (Wildman–Crippen LogP) is 3.30. The van der Waals surface area contributed by atoms with Gasteiger partial charge in [-0.15, -0.1) is 0 Å². The zero-order chi connectivity index (χ0) is 15.1. The van der Waals surface area contributed by atoms with Gasteiger partial charge in [0.2, 0.25) is 0 Å². The Morgan fingerprint density at radius 1 is 1.52 bits per heavy atom. The van der Waals surface area contributed by atoms with Gasteiger partial charge in [0.25, 0.3) is 0 Å². The van der Waals surface area contributed by atoms with Gasteiger partial charge in [-0.1, -0.05) is 20.3 Å². The molecular formula is C17H29N3O. The number of hydrogen-bond donors (Lipinski definition) is 1. The van der Waals surface area contributed by atoms with Gasteiger partial charge in [-0.05, 0) is 36.8 Å². The zero-order valence-electron chi connectivity index (χ0n) is 13.7. The molecule has 4 heteroatoms. The van der Waals surface area contributed by atoms with Gasteiger partial charge in [-0.2, -0.15) is 0 Å². The maximum Gasteiger partial charge on any atom is 0.193 e. The highest BCUT2D eigenvalue weighted by Gasteiger charge is 2.31. The molecule has 1 aliphatic rings. The van der Waals surface area contributed by atoms with Crippen molar-refractivity contribution < 1.29 is 4.42 Å². The molecule has 1 N–H and O–H groups in total. The van der Waals surface area contributed by atoms with Gasteiger partial charge in [0.15, 0.2) is 5.96 Å². The van der Waals surface area contributed by atoms with Crippen LogP contribution >= 0.6 is 0 Å². The van der Waals surface area contributed by atoms with E-state index in [1.54, 1.807) is 6.26 Å². The molecule has 1 fully saturated rings. The van der Waals surface area contributed by atoms with E-state index in [-0.39, 0.29) is 0 Å². The predicted molar refractivity (Wildman–Crippen MR) is 87.6 cm³/mol. The molecule has 0 spiro atoms. The highest BCUT2D eigenvalue weighted by atomic mass is 16.3. The second kappa shape index (κ2) is 7.53. The number of hydrogen-bond acceptors (Lipinski definition) is 2. The first-order chi connectivity index (χ1) is 10.2. The Morgan fingerprint density at radius 2 is 2.38 bits per heavy atom. The summed E-state index contributed by atoms with van der Waals surface area (Å²) >= 11 is 0. The molecule has 4 nitrogen and oxygen atoms in total. The third-order valence-corrected chi connectivity index (χ3v) is 4.38. The Kier molecular flexibility index (Phi) is 5.71. The summed E-state index contributed by atoms with van der Waals surface area (Å²) in [6.45, 7) is 7.78. The lowest BCUT2D eigenvalue weighted by Gasteiger charge is -2.42. The van der Waals surface area contributed by atoms with Crippen molar-refractivity contribution in [1.29, 1.82) is 0 Å². The fourth-order valence-electron chi connectivity index (χ4n) is 3.39. The molecule has 0 amide bonds. The summed E-state index contributed by atoms with van der Waals surface area (Å²) in [4.78, 5) is 6.88. The van der Waals surface area contributed by atoms with Crippen LogP contribution in [0.2, 0.25) is 0 Å². The Bertz CT molecular complexity index is 437. The van der Waals surface area contributed by atoms with E-state index in [9.17, 15) is 0 Å². The fourth-order valence-corrected chi connectivity index (χ4v) is 3.39. The second-order valence-electron chi connectivity index (χ2n) is 6.39. The first-order valence-electron chi connectivity index (χ1n) is 8.15. The summed E-state index contributed by atoms with van der Waals surface area (Å²) in [5.74, 6) is 2.05. The zero-order valence-corrected chi connectivity index (χ0v) is 13.7. The Morgan fingerprint density at radius 3 is 3.05 bits per heavy atom. The summed E-state index contributed by atoms with van der Waals surface area (Å²) in [6.07, 6.45) is 7.77. The minimum absolute atomic E-state index is 0.436. The molecule has 1 aromatic rings. The third-order valence-electron chi connectivity index (χ3n) is 4.38. The average molecular weight is 291 g/mol. The van der Waals surface area contributed by atoms with Crippen LogP contribution in [0.4, 0.5) is 0 Å². The number of guanidine groups is 1. The summed E-state index contributed by atoms with van der Waals surface area (Å²) < 4.78 is 5.37. The second-order valence-corrected chi connectivity index (χ2v) is 6.39. The molecule has 0 bridgehead atoms. The molecular weight excluding hydrogens is 262 g/mol. The van der Waals surface area contributed by atoms with Crippen LogP contribution in [0, 0.1) is 5.41 Å². The minimum Gasteiger partial charge on any atom is -0.469 e. The monoisotopic (exact) mass is 291 g/mol. The topological polar surface area (TPSA) is 40.8 Å². The van der Waals surface area contributed by atoms with Crippen molar-refractivity contribution in [3.05, 3.63) is 24.2 Å². The summed E-state index contributed by atoms with van der Waals surface area (Å²) in [7, 11) is 1.88. The number of piperidine rings is 1. The van der Waals surface area contributed by atoms with E-state index in [2.05, 4.69) is 29.1 Å². The maximum atomic E-state index is 5.37. The molecule has 1 aromatic heterocycles. The van der Waals surface area contributed by atoms with Crippen LogP contribution in [0.25, 0.3) is 0 Å². The van der Waals surface area contributed by atoms with E-state index in [1.807, 2.05) is 19.2 Å². The van der Waals surface area contributed by atoms with Gasteiger partial charge in [-0.25, -0.2) is 0 Å². The Labute approximate surface area is 128 Å². The third kappa shape index (κ3) is 4.51. The van der Waals surface area contributed by atoms with Crippen molar-refractivity contribution in [2.75, 3.05) is 26.7 Å². The molecule has 1 unspecified atom stereocenters. The van der Waals surface area contributed by atoms with Crippen LogP contribution < -0.4 is 5.32 Å². The molecule has 1 atom stereocenters. The van der Waals surface area contributed by atoms with Gasteiger partial charge in [0, 0.05) is 33.1 Å². The molecule has 1 aliphatic heterocycles. The highest BCUT2D eigenvalue weighted by Crippen LogP contribution is 2.33. The van der Waals surface area contributed by atoms with Gasteiger partial charge in [-0.3, -0.25) is 4.99 Å². The largest absolute Gasteiger partial charge is 0.469 e. The SMILES string of the molecule is CCCC1(C)CCCN(C(=NC)NCCc2ccco2)C1. The van der Waals surface area contributed by atoms with Gasteiger partial charge >= 0.3 is 0 Å². The van der Waals surface area contributed by atoms with Crippen LogP contribution in [-0.2, 0) is 6.42 Å². The number of furan rings is 1. The number of nitrogens with one attached hydrogen (secondary N) is 1. The Hall–Kier alpha value is -1.45. The van der Waals surface area contributed by atoms with Crippen molar-refractivity contribution in [3.63, 3.8) is 0 Å². The smallest absolute Gasteiger partial charge is 0.193 e. The van der Waals surface area contributed by atoms with Crippen LogP contribution in [-0.4, -0.2) is 37.5 Å². The summed E-state index contributed by atoms with van der Waals surface area (Å²) in [5, 5.41) is 3.47. The fraction of sp³-hybridized carbons (Fsp3) is 0.706. The van der Waals surface area contributed by atoms with E-state index < -0.39 is 0 Å². The molecule has 1 saturated heterocycles. The van der Waals surface area contributed by atoms with E-state index in [4.69, 9.17) is 4.42 Å². The first-order valence-corrected chi connectivity index (χ1v) is 8.15. The lowest BCUT2D eigenvalue weighted by atomic mass is 9.78. The molecule has 2 rings (SSSR count). The quantitative estimate of drug-likeness (QED) is 0.668. The Balaban J connectivity index is 1.85. The summed E-state index contributed by atoms with van der Waals surface area (Å²) in [5.41, 5.74) is 0.436. The molecule has 118 valence electrons. The standard InChI is InChI=1S/C17H29N3O/c1-4-9-17(2)10-6-12-20(14-17)16(18-3)19-11-8-15-7-5-13-21-15/h5,7,13H,4,6,8-12,14H2,1-3H3,(H,18,19). The highest BCUT2D eigenvalue weighted by molar-refractivity contribution is 5.80. The van der Waals surface area contributed by atoms with E-state index >= 15 is 0 Å². The molecule has 0 aromatic carbocycles. The first kappa shape index (κ1) is 15.9. The average Bonchev–Trinajstić information content (AvgIpc) is 2.97. The lowest BCUT2D eigenvalue weighted by Crippen LogP contribution is -2.50. The van der Waals surface area contributed by atoms with Gasteiger partial charge < -0.3 is 14.6 Å². The van der Waals surface area contributed by atoms with Crippen molar-refractivity contribution in [2.24, 2.45) is 10.4 Å². The van der Waals surface area contributed by atoms with Crippen LogP contribution in [0.1, 0.15) is 45.3 Å². The minimum atomic E-state index is 0.436. The van der Waals surface area contributed by atoms with Crippen LogP contribution in [0.3, 0.4) is 0 Å². The molecule has 0 saturated carbocycles. The maximum absolute atomic E-state index is 5.37. The van der Waals surface area contributed by atoms with E-state index in [0.717, 1.165) is 37.8 Å². The van der Waals surface area contributed by atoms with Gasteiger partial charge in [0.05, 0.1) is 6.26 Å². The molecule has 21 heavy (non-hydrogen) atoms. The summed E-state index contributed by atoms with van der Waals surface area (Å²) in [6, 6.07) is 3.95. The molecule has 0 aliphatic carbocycles. The van der Waals surface area contributed by atoms with Crippen molar-refractivity contribution in [1.82, 2.24) is 10.2 Å². The molecule has 2 heterocycles. The van der Waals surface area contributed by atoms with E-state index in [0.29, 0.717) is 5.41 Å².